The van der Waals surface area contributed by atoms with Crippen LogP contribution in [-0.4, -0.2) is 44.6 Å². The second kappa shape index (κ2) is 12.8. The molecule has 0 atom stereocenters. The molecule has 0 aliphatic carbocycles. The van der Waals surface area contributed by atoms with E-state index in [-0.39, 0.29) is 29.9 Å². The third-order valence-corrected chi connectivity index (χ3v) is 4.35. The Kier molecular flexibility index (Phi) is 11.2. The average Bonchev–Trinajstić information content (AvgIpc) is 2.63. The van der Waals surface area contributed by atoms with Crippen LogP contribution in [0.2, 0.25) is 0 Å². The molecule has 1 heterocycles. The van der Waals surface area contributed by atoms with Gasteiger partial charge in [0.05, 0.1) is 13.1 Å². The van der Waals surface area contributed by atoms with E-state index >= 15 is 0 Å². The summed E-state index contributed by atoms with van der Waals surface area (Å²) in [5.41, 5.74) is 2.25. The summed E-state index contributed by atoms with van der Waals surface area (Å²) < 4.78 is 0. The second-order valence-corrected chi connectivity index (χ2v) is 7.10. The van der Waals surface area contributed by atoms with Crippen molar-refractivity contribution in [3.8, 4) is 0 Å². The average molecular weight is 487 g/mol. The first-order chi connectivity index (χ1) is 12.6. The van der Waals surface area contributed by atoms with Gasteiger partial charge in [-0.05, 0) is 43.4 Å². The van der Waals surface area contributed by atoms with Gasteiger partial charge in [0.25, 0.3) is 0 Å². The van der Waals surface area contributed by atoms with Gasteiger partial charge in [0, 0.05) is 31.9 Å². The van der Waals surface area contributed by atoms with Gasteiger partial charge in [-0.15, -0.1) is 24.0 Å². The summed E-state index contributed by atoms with van der Waals surface area (Å²) in [6.45, 7) is 11.0. The Hall–Kier alpha value is -1.51. The summed E-state index contributed by atoms with van der Waals surface area (Å²) in [4.78, 5) is 18.3. The molecule has 0 radical (unpaired) electrons. The number of halogens is 1. The minimum absolute atomic E-state index is 0. The lowest BCUT2D eigenvalue weighted by Gasteiger charge is -2.28. The van der Waals surface area contributed by atoms with Gasteiger partial charge in [0.15, 0.2) is 5.96 Å². The van der Waals surface area contributed by atoms with Gasteiger partial charge in [-0.3, -0.25) is 4.79 Å². The molecular weight excluding hydrogens is 453 g/mol. The van der Waals surface area contributed by atoms with E-state index in [1.54, 1.807) is 0 Å². The van der Waals surface area contributed by atoms with E-state index in [2.05, 4.69) is 70.9 Å². The molecule has 3 N–H and O–H groups in total. The number of nitrogens with zero attached hydrogens (tertiary/aromatic N) is 2. The van der Waals surface area contributed by atoms with Gasteiger partial charge in [-0.1, -0.05) is 26.0 Å². The molecule has 1 amide bonds. The topological polar surface area (TPSA) is 68.8 Å². The lowest BCUT2D eigenvalue weighted by Crippen LogP contribution is -2.47. The first-order valence-corrected chi connectivity index (χ1v) is 9.71. The van der Waals surface area contributed by atoms with Crippen molar-refractivity contribution in [2.45, 2.75) is 40.2 Å². The van der Waals surface area contributed by atoms with Crippen molar-refractivity contribution >= 4 is 41.5 Å². The number of amides is 1. The Balaban J connectivity index is 0.00000364. The van der Waals surface area contributed by atoms with E-state index in [0.29, 0.717) is 19.6 Å². The summed E-state index contributed by atoms with van der Waals surface area (Å²) in [7, 11) is 0. The van der Waals surface area contributed by atoms with E-state index in [0.717, 1.165) is 49.2 Å². The number of guanidine groups is 1. The summed E-state index contributed by atoms with van der Waals surface area (Å²) in [5.74, 6) is 1.69. The molecule has 6 nitrogen and oxygen atoms in total. The van der Waals surface area contributed by atoms with Crippen molar-refractivity contribution in [2.24, 2.45) is 10.9 Å². The monoisotopic (exact) mass is 487 g/mol. The number of nitrogens with one attached hydrogen (secondary N) is 3. The van der Waals surface area contributed by atoms with Gasteiger partial charge in [0.1, 0.15) is 0 Å². The molecule has 1 aromatic carbocycles. The van der Waals surface area contributed by atoms with Crippen LogP contribution in [0, 0.1) is 5.92 Å². The van der Waals surface area contributed by atoms with Crippen molar-refractivity contribution in [3.63, 3.8) is 0 Å². The molecule has 1 fully saturated rings. The molecule has 0 aromatic heterocycles. The van der Waals surface area contributed by atoms with Crippen molar-refractivity contribution in [3.05, 3.63) is 29.8 Å². The van der Waals surface area contributed by atoms with Crippen LogP contribution in [0.3, 0.4) is 0 Å². The lowest BCUT2D eigenvalue weighted by atomic mass is 10.1. The van der Waals surface area contributed by atoms with Gasteiger partial charge in [0.2, 0.25) is 5.91 Å². The molecule has 7 heteroatoms. The second-order valence-electron chi connectivity index (χ2n) is 7.10. The van der Waals surface area contributed by atoms with Gasteiger partial charge in [-0.2, -0.15) is 0 Å². The number of rotatable bonds is 8. The minimum atomic E-state index is 0. The minimum Gasteiger partial charge on any atom is -0.360 e. The molecular formula is C20H34IN5O. The predicted molar refractivity (Wildman–Crippen MR) is 124 cm³/mol. The van der Waals surface area contributed by atoms with Crippen LogP contribution in [0.15, 0.2) is 29.3 Å². The molecule has 27 heavy (non-hydrogen) atoms. The smallest absolute Gasteiger partial charge is 0.239 e. The summed E-state index contributed by atoms with van der Waals surface area (Å²) in [5, 5.41) is 9.55. The van der Waals surface area contributed by atoms with Crippen LogP contribution in [-0.2, 0) is 11.3 Å². The van der Waals surface area contributed by atoms with Crippen LogP contribution in [0.1, 0.15) is 39.2 Å². The van der Waals surface area contributed by atoms with Gasteiger partial charge < -0.3 is 20.9 Å². The quantitative estimate of drug-likeness (QED) is 0.228. The summed E-state index contributed by atoms with van der Waals surface area (Å²) >= 11 is 0. The third-order valence-electron chi connectivity index (χ3n) is 4.35. The van der Waals surface area contributed by atoms with Crippen LogP contribution in [0.25, 0.3) is 0 Å². The largest absolute Gasteiger partial charge is 0.360 e. The highest BCUT2D eigenvalue weighted by Crippen LogP contribution is 2.16. The third kappa shape index (κ3) is 8.81. The fourth-order valence-electron chi connectivity index (χ4n) is 2.90. The Morgan fingerprint density at radius 3 is 2.63 bits per heavy atom. The fraction of sp³-hybridized carbons (Fsp3) is 0.600. The Morgan fingerprint density at radius 2 is 2.00 bits per heavy atom. The SMILES string of the molecule is CCNC(=NCc1ccc(N2CCNC(=O)C2)cc1)NCCCC(C)C.I. The zero-order valence-electron chi connectivity index (χ0n) is 16.8. The standard InChI is InChI=1S/C20H33N5O.HI/c1-4-21-20(23-11-5-6-16(2)3)24-14-17-7-9-18(10-8-17)25-13-12-22-19(26)15-25;/h7-10,16H,4-6,11-15H2,1-3H3,(H,22,26)(H2,21,23,24);1H. The van der Waals surface area contributed by atoms with E-state index in [1.165, 1.54) is 6.42 Å². The zero-order valence-corrected chi connectivity index (χ0v) is 19.1. The molecule has 1 aromatic rings. The number of anilines is 1. The van der Waals surface area contributed by atoms with Crippen LogP contribution in [0.4, 0.5) is 5.69 Å². The van der Waals surface area contributed by atoms with E-state index in [1.807, 2.05) is 0 Å². The van der Waals surface area contributed by atoms with Crippen molar-refractivity contribution in [1.29, 1.82) is 0 Å². The Bertz CT molecular complexity index is 589. The maximum Gasteiger partial charge on any atom is 0.239 e. The van der Waals surface area contributed by atoms with Gasteiger partial charge in [-0.25, -0.2) is 4.99 Å². The number of aliphatic imine (C=N–C) groups is 1. The van der Waals surface area contributed by atoms with E-state index in [9.17, 15) is 4.79 Å². The van der Waals surface area contributed by atoms with Crippen molar-refractivity contribution < 1.29 is 4.79 Å². The molecule has 1 aliphatic rings. The normalized spacial score (nSPS) is 14.6. The van der Waals surface area contributed by atoms with Crippen molar-refractivity contribution in [1.82, 2.24) is 16.0 Å². The number of carbonyl (C=O) groups is 1. The Morgan fingerprint density at radius 1 is 1.26 bits per heavy atom. The summed E-state index contributed by atoms with van der Waals surface area (Å²) in [6, 6.07) is 8.33. The summed E-state index contributed by atoms with van der Waals surface area (Å²) in [6.07, 6.45) is 2.38. The van der Waals surface area contributed by atoms with Crippen LogP contribution in [0.5, 0.6) is 0 Å². The van der Waals surface area contributed by atoms with Gasteiger partial charge >= 0.3 is 0 Å². The van der Waals surface area contributed by atoms with E-state index < -0.39 is 0 Å². The fourth-order valence-corrected chi connectivity index (χ4v) is 2.90. The number of carbonyl (C=O) groups excluding carboxylic acids is 1. The zero-order chi connectivity index (χ0) is 18.8. The predicted octanol–water partition coefficient (Wildman–Crippen LogP) is 2.73. The highest BCUT2D eigenvalue weighted by Gasteiger charge is 2.16. The number of piperazine rings is 1. The molecule has 0 unspecified atom stereocenters. The molecule has 152 valence electrons. The molecule has 2 rings (SSSR count). The van der Waals surface area contributed by atoms with E-state index in [4.69, 9.17) is 0 Å². The lowest BCUT2D eigenvalue weighted by molar-refractivity contribution is -0.120. The molecule has 0 saturated carbocycles. The molecule has 0 spiro atoms. The van der Waals surface area contributed by atoms with Crippen LogP contribution >= 0.6 is 24.0 Å². The first-order valence-electron chi connectivity index (χ1n) is 9.71. The highest BCUT2D eigenvalue weighted by molar-refractivity contribution is 14.0. The molecule has 1 saturated heterocycles. The number of hydrogen-bond acceptors (Lipinski definition) is 3. The van der Waals surface area contributed by atoms with Crippen LogP contribution < -0.4 is 20.9 Å². The molecule has 1 aliphatic heterocycles. The maximum absolute atomic E-state index is 11.5. The first kappa shape index (κ1) is 23.5. The highest BCUT2D eigenvalue weighted by atomic mass is 127. The molecule has 0 bridgehead atoms. The maximum atomic E-state index is 11.5. The number of benzene rings is 1. The number of hydrogen-bond donors (Lipinski definition) is 3. The van der Waals surface area contributed by atoms with Crippen molar-refractivity contribution in [2.75, 3.05) is 37.6 Å². The Labute approximate surface area is 180 Å².